The van der Waals surface area contributed by atoms with Gasteiger partial charge in [-0.2, -0.15) is 0 Å². The lowest BCUT2D eigenvalue weighted by molar-refractivity contribution is -0.140. The Hall–Kier alpha value is -0.830. The number of ether oxygens (including phenoxy) is 2. The van der Waals surface area contributed by atoms with E-state index in [1.54, 1.807) is 7.11 Å². The van der Waals surface area contributed by atoms with Crippen LogP contribution >= 0.6 is 0 Å². The van der Waals surface area contributed by atoms with Crippen LogP contribution in [0, 0.1) is 0 Å². The Bertz CT molecular complexity index is 140. The van der Waals surface area contributed by atoms with Crippen LogP contribution in [0.1, 0.15) is 19.8 Å². The lowest BCUT2D eigenvalue weighted by Crippen LogP contribution is -2.06. The minimum Gasteiger partial charge on any atom is -0.432 e. The van der Waals surface area contributed by atoms with Crippen molar-refractivity contribution in [2.45, 2.75) is 19.8 Å². The van der Waals surface area contributed by atoms with Gasteiger partial charge in [0.25, 0.3) is 0 Å². The fraction of sp³-hybridized carbons (Fsp3) is 0.625. The fourth-order valence-electron chi connectivity index (χ4n) is 0.470. The van der Waals surface area contributed by atoms with Gasteiger partial charge in [0.15, 0.2) is 0 Å². The van der Waals surface area contributed by atoms with Crippen molar-refractivity contribution in [3.05, 3.63) is 12.3 Å². The summed E-state index contributed by atoms with van der Waals surface area (Å²) in [6, 6.07) is 0. The van der Waals surface area contributed by atoms with Gasteiger partial charge < -0.3 is 9.47 Å². The highest BCUT2D eigenvalue weighted by Gasteiger charge is 2.02. The molecule has 0 amide bonds. The number of rotatable bonds is 5. The highest BCUT2D eigenvalue weighted by atomic mass is 16.5. The van der Waals surface area contributed by atoms with Crippen molar-refractivity contribution in [3.63, 3.8) is 0 Å². The second-order valence-corrected chi connectivity index (χ2v) is 2.11. The van der Waals surface area contributed by atoms with Gasteiger partial charge in [0.05, 0.1) is 13.0 Å². The first-order valence-corrected chi connectivity index (χ1v) is 3.58. The molecule has 0 bridgehead atoms. The SMILES string of the molecule is C=C(CC)OC(=O)CCOC. The van der Waals surface area contributed by atoms with Crippen LogP contribution in [0.4, 0.5) is 0 Å². The molecular formula is C8H14O3. The van der Waals surface area contributed by atoms with Crippen LogP contribution in [0.25, 0.3) is 0 Å². The van der Waals surface area contributed by atoms with Gasteiger partial charge in [0.1, 0.15) is 5.76 Å². The summed E-state index contributed by atoms with van der Waals surface area (Å²) in [6.07, 6.45) is 0.953. The van der Waals surface area contributed by atoms with E-state index in [0.29, 0.717) is 18.8 Å². The Morgan fingerprint density at radius 3 is 2.64 bits per heavy atom. The highest BCUT2D eigenvalue weighted by Crippen LogP contribution is 2.00. The van der Waals surface area contributed by atoms with Crippen LogP contribution in [-0.4, -0.2) is 19.7 Å². The largest absolute Gasteiger partial charge is 0.432 e. The second-order valence-electron chi connectivity index (χ2n) is 2.11. The summed E-state index contributed by atoms with van der Waals surface area (Å²) in [5.74, 6) is 0.227. The molecule has 0 heterocycles. The van der Waals surface area contributed by atoms with Gasteiger partial charge in [-0.3, -0.25) is 4.79 Å². The van der Waals surface area contributed by atoms with Crippen molar-refractivity contribution in [3.8, 4) is 0 Å². The van der Waals surface area contributed by atoms with Crippen LogP contribution in [0.3, 0.4) is 0 Å². The first kappa shape index (κ1) is 10.2. The number of esters is 1. The van der Waals surface area contributed by atoms with E-state index in [4.69, 9.17) is 9.47 Å². The molecule has 0 N–H and O–H groups in total. The maximum absolute atomic E-state index is 10.8. The maximum atomic E-state index is 10.8. The summed E-state index contributed by atoms with van der Waals surface area (Å²) in [5, 5.41) is 0. The molecule has 0 saturated carbocycles. The number of carbonyl (C=O) groups excluding carboxylic acids is 1. The smallest absolute Gasteiger partial charge is 0.313 e. The third-order valence-corrected chi connectivity index (χ3v) is 1.16. The van der Waals surface area contributed by atoms with Crippen LogP contribution in [0.5, 0.6) is 0 Å². The van der Waals surface area contributed by atoms with Crippen molar-refractivity contribution in [2.24, 2.45) is 0 Å². The summed E-state index contributed by atoms with van der Waals surface area (Å²) in [4.78, 5) is 10.8. The Labute approximate surface area is 67.0 Å². The standard InChI is InChI=1S/C8H14O3/c1-4-7(2)11-8(9)5-6-10-3/h2,4-6H2,1,3H3. The third-order valence-electron chi connectivity index (χ3n) is 1.16. The molecule has 0 aromatic rings. The van der Waals surface area contributed by atoms with Crippen molar-refractivity contribution in [1.82, 2.24) is 0 Å². The van der Waals surface area contributed by atoms with Gasteiger partial charge in [-0.15, -0.1) is 0 Å². The van der Waals surface area contributed by atoms with Gasteiger partial charge in [-0.1, -0.05) is 13.5 Å². The molecule has 0 saturated heterocycles. The number of hydrogen-bond donors (Lipinski definition) is 0. The molecule has 64 valence electrons. The minimum absolute atomic E-state index is 0.279. The summed E-state index contributed by atoms with van der Waals surface area (Å²) >= 11 is 0. The molecule has 11 heavy (non-hydrogen) atoms. The number of methoxy groups -OCH3 is 1. The van der Waals surface area contributed by atoms with E-state index < -0.39 is 0 Å². The molecule has 0 aliphatic carbocycles. The zero-order valence-corrected chi connectivity index (χ0v) is 7.05. The molecule has 0 aromatic carbocycles. The predicted octanol–water partition coefficient (Wildman–Crippen LogP) is 1.49. The predicted molar refractivity (Wildman–Crippen MR) is 42.0 cm³/mol. The molecule has 0 rings (SSSR count). The third kappa shape index (κ3) is 5.61. The van der Waals surface area contributed by atoms with E-state index in [-0.39, 0.29) is 12.4 Å². The Balaban J connectivity index is 3.44. The van der Waals surface area contributed by atoms with Crippen LogP contribution < -0.4 is 0 Å². The van der Waals surface area contributed by atoms with Crippen LogP contribution in [0.2, 0.25) is 0 Å². The molecule has 0 fully saturated rings. The quantitative estimate of drug-likeness (QED) is 0.449. The average Bonchev–Trinajstić information content (AvgIpc) is 2.00. The lowest BCUT2D eigenvalue weighted by Gasteiger charge is -2.03. The highest BCUT2D eigenvalue weighted by molar-refractivity contribution is 5.70. The molecule has 0 atom stereocenters. The Morgan fingerprint density at radius 1 is 1.55 bits per heavy atom. The van der Waals surface area contributed by atoms with Gasteiger partial charge in [0.2, 0.25) is 0 Å². The van der Waals surface area contributed by atoms with E-state index >= 15 is 0 Å². The molecule has 0 aliphatic rings. The average molecular weight is 158 g/mol. The summed E-state index contributed by atoms with van der Waals surface area (Å²) in [5.41, 5.74) is 0. The van der Waals surface area contributed by atoms with Crippen molar-refractivity contribution >= 4 is 5.97 Å². The van der Waals surface area contributed by atoms with E-state index in [0.717, 1.165) is 0 Å². The number of carbonyl (C=O) groups is 1. The molecule has 3 heteroatoms. The van der Waals surface area contributed by atoms with Crippen molar-refractivity contribution in [2.75, 3.05) is 13.7 Å². The van der Waals surface area contributed by atoms with Crippen molar-refractivity contribution < 1.29 is 14.3 Å². The monoisotopic (exact) mass is 158 g/mol. The molecule has 0 aromatic heterocycles. The van der Waals surface area contributed by atoms with E-state index in [1.807, 2.05) is 6.92 Å². The molecule has 0 unspecified atom stereocenters. The van der Waals surface area contributed by atoms with Crippen LogP contribution in [-0.2, 0) is 14.3 Å². The van der Waals surface area contributed by atoms with E-state index in [1.165, 1.54) is 0 Å². The first-order chi connectivity index (χ1) is 5.20. The van der Waals surface area contributed by atoms with E-state index in [9.17, 15) is 4.79 Å². The summed E-state index contributed by atoms with van der Waals surface area (Å²) in [6.45, 7) is 5.82. The first-order valence-electron chi connectivity index (χ1n) is 3.58. The van der Waals surface area contributed by atoms with Gasteiger partial charge in [-0.25, -0.2) is 0 Å². The van der Waals surface area contributed by atoms with Crippen LogP contribution in [0.15, 0.2) is 12.3 Å². The molecule has 0 spiro atoms. The Kier molecular flexibility index (Phi) is 5.47. The summed E-state index contributed by atoms with van der Waals surface area (Å²) < 4.78 is 9.49. The number of allylic oxidation sites excluding steroid dienone is 1. The molecular weight excluding hydrogens is 144 g/mol. The number of hydrogen-bond acceptors (Lipinski definition) is 3. The zero-order chi connectivity index (χ0) is 8.69. The van der Waals surface area contributed by atoms with E-state index in [2.05, 4.69) is 6.58 Å². The van der Waals surface area contributed by atoms with Crippen molar-refractivity contribution in [1.29, 1.82) is 0 Å². The Morgan fingerprint density at radius 2 is 2.18 bits per heavy atom. The van der Waals surface area contributed by atoms with Gasteiger partial charge in [-0.05, 0) is 0 Å². The second kappa shape index (κ2) is 5.92. The fourth-order valence-corrected chi connectivity index (χ4v) is 0.470. The topological polar surface area (TPSA) is 35.5 Å². The minimum atomic E-state index is -0.279. The lowest BCUT2D eigenvalue weighted by atomic mass is 10.4. The maximum Gasteiger partial charge on any atom is 0.313 e. The molecule has 0 radical (unpaired) electrons. The zero-order valence-electron chi connectivity index (χ0n) is 7.05. The molecule has 0 aliphatic heterocycles. The van der Waals surface area contributed by atoms with Gasteiger partial charge in [0, 0.05) is 13.5 Å². The molecule has 3 nitrogen and oxygen atoms in total. The summed E-state index contributed by atoms with van der Waals surface area (Å²) in [7, 11) is 1.54. The van der Waals surface area contributed by atoms with Gasteiger partial charge >= 0.3 is 5.97 Å². The normalized spacial score (nSPS) is 9.27.